The Morgan fingerprint density at radius 3 is 1.05 bits per heavy atom. The highest BCUT2D eigenvalue weighted by molar-refractivity contribution is 6.01. The van der Waals surface area contributed by atoms with Crippen LogP contribution in [0.2, 0.25) is 0 Å². The molecule has 12 heteroatoms. The number of anilines is 12. The Kier molecular flexibility index (Phi) is 15.4. The highest BCUT2D eigenvalue weighted by atomic mass is 15.2. The molecule has 20 aromatic rings. The Morgan fingerprint density at radius 2 is 0.514 bits per heavy atom. The van der Waals surface area contributed by atoms with Crippen molar-refractivity contribution < 1.29 is 0 Å². The van der Waals surface area contributed by atoms with Gasteiger partial charge in [-0.25, -0.2) is 4.98 Å². The Morgan fingerprint density at radius 1 is 0.157 bits per heavy atom. The van der Waals surface area contributed by atoms with E-state index >= 15 is 0 Å². The zero-order valence-corrected chi connectivity index (χ0v) is 76.7. The van der Waals surface area contributed by atoms with Crippen molar-refractivity contribution in [3.8, 4) is 89.0 Å². The standard InChI is InChI=1S/4C32H21N3/c1-2-6-23-18(4-1)12-21-14-22-15-27-24(26(22)16-25(21)23)7-8-30-28(27)17-29-31-19(9-11-33-29)13-20-5-3-10-34-32(20)35(30)31;1-2-5-21-18(4-1)14-19-7-8-23-22-9-10-29-25(24(22)16-26(23)31(19)21)17-28-32-20(11-13-34-28)15-27-30(35(29)32)6-3-12-33-27;1-2-4-23-18(3-1)11-20-13-21-14-27-24(26(21)15-25(20)23)5-6-31-28(27)16-29-32-19(7-10-34-29)12-22-17-33-9-8-30(22)35(31)32;1-2-4-23-18(3-1)11-21-13-22-14-27-24(26(22)15-25(21)23)5-6-30-28(27)16-29-32-20(8-10-34-29)12-19-7-9-33-17-31(19)35(30)32/h1-11,14,16H,12-13,15,17H2;1-13H,14-17H2;2*1-10,13,15,17H,11-12,14,16H2. The summed E-state index contributed by atoms with van der Waals surface area (Å²) in [5, 5.41) is 0. The van der Waals surface area contributed by atoms with Crippen LogP contribution in [0.3, 0.4) is 0 Å². The maximum absolute atomic E-state index is 4.88. The predicted molar refractivity (Wildman–Crippen MR) is 555 cm³/mol. The minimum absolute atomic E-state index is 0.870. The quantitative estimate of drug-likeness (QED) is 0.144. The summed E-state index contributed by atoms with van der Waals surface area (Å²) >= 11 is 0. The molecule has 0 unspecified atom stereocenters. The summed E-state index contributed by atoms with van der Waals surface area (Å²) in [5.74, 6) is 1.06. The summed E-state index contributed by atoms with van der Waals surface area (Å²) in [6.07, 6.45) is 35.0. The number of benzene rings is 12. The molecule has 0 spiro atoms. The second-order valence-corrected chi connectivity index (χ2v) is 40.8. The fraction of sp³-hybridized carbons (Fsp3) is 0.125. The summed E-state index contributed by atoms with van der Waals surface area (Å²) in [4.78, 5) is 47.7. The molecule has 0 saturated heterocycles. The van der Waals surface area contributed by atoms with E-state index in [4.69, 9.17) is 29.9 Å². The van der Waals surface area contributed by atoms with Crippen molar-refractivity contribution >= 4 is 68.4 Å². The molecule has 8 aliphatic carbocycles. The van der Waals surface area contributed by atoms with Gasteiger partial charge in [0.15, 0.2) is 0 Å². The van der Waals surface area contributed by atoms with Crippen molar-refractivity contribution in [2.24, 2.45) is 0 Å². The fourth-order valence-electron chi connectivity index (χ4n) is 27.9. The minimum atomic E-state index is 0.870. The molecule has 12 nitrogen and oxygen atoms in total. The van der Waals surface area contributed by atoms with Gasteiger partial charge in [-0.1, -0.05) is 158 Å². The van der Waals surface area contributed by atoms with Gasteiger partial charge in [-0.3, -0.25) is 39.8 Å². The third kappa shape index (κ3) is 10.7. The molecule has 0 N–H and O–H groups in total. The van der Waals surface area contributed by atoms with Crippen molar-refractivity contribution in [3.05, 3.63) is 495 Å². The van der Waals surface area contributed by atoms with E-state index in [1.165, 1.54) is 325 Å². The number of fused-ring (bicyclic) bond motifs is 45. The van der Waals surface area contributed by atoms with Crippen LogP contribution in [-0.2, 0) is 103 Å². The highest BCUT2D eigenvalue weighted by Crippen LogP contribution is 2.62. The number of nitrogens with zero attached hydrogens (tertiary/aromatic N) is 12. The van der Waals surface area contributed by atoms with E-state index in [0.29, 0.717) is 0 Å². The molecular weight excluding hydrogens is 1710 g/mol. The SMILES string of the molecule is c1ccc2c(c1)Cc1cc3c(cc1-2)-c1ccc2c(c1C3)Cc1nccc3c1N2c1ccncc1C3.c1ccc2c(c1)Cc1cc3c(cc1-2)-c1ccc2c(c1C3)Cc1nccc3c1N2c1cnccc1C3.c1ccc2c(c1)Cc1cc3c(cc1-2)-c1ccc2c(c1C3)Cc1nccc3c1N2c1ncccc1C3.c1ccc2c(c1)Cc1ccc3c(c1-2)Cc1c-3ccc2c1Cc1nccc3c1N2c1cccnc1C3. The first kappa shape index (κ1) is 76.2. The summed E-state index contributed by atoms with van der Waals surface area (Å²) in [7, 11) is 0. The van der Waals surface area contributed by atoms with E-state index in [9.17, 15) is 0 Å². The van der Waals surface area contributed by atoms with Crippen molar-refractivity contribution in [1.82, 2.24) is 39.9 Å². The van der Waals surface area contributed by atoms with Gasteiger partial charge in [0.05, 0.1) is 97.2 Å². The molecule has 36 rings (SSSR count). The Hall–Kier alpha value is -17.0. The van der Waals surface area contributed by atoms with Gasteiger partial charge in [-0.05, 0) is 388 Å². The second-order valence-electron chi connectivity index (χ2n) is 40.8. The molecule has 0 amide bonds. The average Bonchev–Trinajstić information content (AvgIpc) is 1.47. The number of aromatic nitrogens is 8. The summed E-state index contributed by atoms with van der Waals surface area (Å²) in [5.41, 5.74) is 80.8. The van der Waals surface area contributed by atoms with E-state index < -0.39 is 0 Å². The lowest BCUT2D eigenvalue weighted by atomic mass is 9.87. The molecule has 16 heterocycles. The normalized spacial score (nSPS) is 14.9. The van der Waals surface area contributed by atoms with Crippen molar-refractivity contribution in [1.29, 1.82) is 0 Å². The maximum atomic E-state index is 4.88. The van der Waals surface area contributed by atoms with Crippen LogP contribution in [0.15, 0.2) is 317 Å². The molecule has 140 heavy (non-hydrogen) atoms. The fourth-order valence-corrected chi connectivity index (χ4v) is 27.9. The molecule has 0 radical (unpaired) electrons. The lowest BCUT2D eigenvalue weighted by Gasteiger charge is -2.39. The van der Waals surface area contributed by atoms with E-state index in [1.807, 2.05) is 68.0 Å². The van der Waals surface area contributed by atoms with Gasteiger partial charge >= 0.3 is 0 Å². The number of hydrogen-bond donors (Lipinski definition) is 0. The molecule has 656 valence electrons. The summed E-state index contributed by atoms with van der Waals surface area (Å²) in [6.45, 7) is 0. The van der Waals surface area contributed by atoms with Crippen LogP contribution in [0.25, 0.3) is 89.0 Å². The zero-order valence-electron chi connectivity index (χ0n) is 76.7. The third-order valence-electron chi connectivity index (χ3n) is 33.9. The van der Waals surface area contributed by atoms with Gasteiger partial charge in [-0.2, -0.15) is 0 Å². The molecule has 8 aliphatic heterocycles. The Labute approximate surface area is 809 Å². The number of pyridine rings is 8. The monoisotopic (exact) mass is 1790 g/mol. The summed E-state index contributed by atoms with van der Waals surface area (Å²) in [6, 6.07) is 95.4. The molecule has 0 fully saturated rings. The van der Waals surface area contributed by atoms with Crippen molar-refractivity contribution in [2.75, 3.05) is 19.6 Å². The maximum Gasteiger partial charge on any atom is 0.141 e. The Bertz CT molecular complexity index is 8510. The highest BCUT2D eigenvalue weighted by Gasteiger charge is 2.44. The van der Waals surface area contributed by atoms with E-state index in [2.05, 4.69) is 278 Å². The van der Waals surface area contributed by atoms with Crippen molar-refractivity contribution in [2.45, 2.75) is 103 Å². The molecule has 0 saturated carbocycles. The first-order chi connectivity index (χ1) is 69.3. The average molecular weight is 1790 g/mol. The van der Waals surface area contributed by atoms with Gasteiger partial charge in [0.25, 0.3) is 0 Å². The van der Waals surface area contributed by atoms with Crippen LogP contribution in [0.4, 0.5) is 68.4 Å². The van der Waals surface area contributed by atoms with Gasteiger partial charge in [0.1, 0.15) is 5.82 Å². The molecular formula is C128H84N12. The van der Waals surface area contributed by atoms with Crippen LogP contribution in [0, 0.1) is 0 Å². The predicted octanol–water partition coefficient (Wildman–Crippen LogP) is 27.6. The first-order valence-corrected chi connectivity index (χ1v) is 49.7. The minimum Gasteiger partial charge on any atom is -0.308 e. The van der Waals surface area contributed by atoms with Crippen LogP contribution in [0.1, 0.15) is 179 Å². The van der Waals surface area contributed by atoms with E-state index in [1.54, 1.807) is 0 Å². The molecule has 0 bridgehead atoms. The first-order valence-electron chi connectivity index (χ1n) is 49.7. The van der Waals surface area contributed by atoms with E-state index in [-0.39, 0.29) is 0 Å². The third-order valence-corrected chi connectivity index (χ3v) is 33.9. The smallest absolute Gasteiger partial charge is 0.141 e. The lowest BCUT2D eigenvalue weighted by Crippen LogP contribution is -2.26. The van der Waals surface area contributed by atoms with Crippen LogP contribution >= 0.6 is 0 Å². The summed E-state index contributed by atoms with van der Waals surface area (Å²) < 4.78 is 0. The van der Waals surface area contributed by atoms with Gasteiger partial charge in [-0.15, -0.1) is 0 Å². The van der Waals surface area contributed by atoms with Crippen molar-refractivity contribution in [3.63, 3.8) is 0 Å². The van der Waals surface area contributed by atoms with Crippen LogP contribution in [0.5, 0.6) is 0 Å². The lowest BCUT2D eigenvalue weighted by molar-refractivity contribution is 0.928. The zero-order chi connectivity index (χ0) is 90.7. The van der Waals surface area contributed by atoms with Crippen LogP contribution in [-0.4, -0.2) is 39.9 Å². The topological polar surface area (TPSA) is 116 Å². The van der Waals surface area contributed by atoms with Crippen LogP contribution < -0.4 is 19.6 Å². The molecule has 8 aromatic heterocycles. The second kappa shape index (κ2) is 28.4. The van der Waals surface area contributed by atoms with E-state index in [0.717, 1.165) is 114 Å². The molecule has 16 aliphatic rings. The molecule has 12 aromatic carbocycles. The number of hydrogen-bond acceptors (Lipinski definition) is 12. The largest absolute Gasteiger partial charge is 0.308 e. The van der Waals surface area contributed by atoms with Gasteiger partial charge in [0.2, 0.25) is 0 Å². The number of rotatable bonds is 0. The van der Waals surface area contributed by atoms with Gasteiger partial charge < -0.3 is 14.7 Å². The Balaban J connectivity index is 0.0000000829. The van der Waals surface area contributed by atoms with Gasteiger partial charge in [0, 0.05) is 107 Å². The molecule has 0 atom stereocenters.